The van der Waals surface area contributed by atoms with Crippen LogP contribution >= 0.6 is 0 Å². The van der Waals surface area contributed by atoms with Crippen LogP contribution in [0.2, 0.25) is 0 Å². The summed E-state index contributed by atoms with van der Waals surface area (Å²) in [6.45, 7) is 1.93. The number of nitrogens with one attached hydrogen (secondary N) is 3. The van der Waals surface area contributed by atoms with Crippen LogP contribution in [0.1, 0.15) is 12.5 Å². The van der Waals surface area contributed by atoms with E-state index in [0.717, 1.165) is 11.3 Å². The molecule has 0 aromatic heterocycles. The molecule has 6 heteroatoms. The Kier molecular flexibility index (Phi) is 4.59. The van der Waals surface area contributed by atoms with Gasteiger partial charge >= 0.3 is 0 Å². The molecule has 0 bridgehead atoms. The minimum Gasteiger partial charge on any atom is -0.386 e. The van der Waals surface area contributed by atoms with E-state index in [-0.39, 0.29) is 5.91 Å². The Morgan fingerprint density at radius 1 is 1.53 bits per heavy atom. The van der Waals surface area contributed by atoms with Gasteiger partial charge in [-0.15, -0.1) is 0 Å². The molecule has 0 saturated carbocycles. The topological polar surface area (TPSA) is 80.6 Å². The fourth-order valence-electron chi connectivity index (χ4n) is 1.38. The summed E-state index contributed by atoms with van der Waals surface area (Å²) in [5.41, 5.74) is 12.4. The number of para-hydroxylation sites is 1. The number of carbonyl (C=O) groups is 1. The largest absolute Gasteiger partial charge is 0.386 e. The molecule has 1 amide bonds. The molecule has 0 aliphatic heterocycles. The summed E-state index contributed by atoms with van der Waals surface area (Å²) in [7, 11) is 3.44. The Morgan fingerprint density at radius 3 is 2.76 bits per heavy atom. The molecule has 92 valence electrons. The second kappa shape index (κ2) is 5.95. The number of nitrogens with zero attached hydrogens (tertiary/aromatic N) is 2. The van der Waals surface area contributed by atoms with Crippen LogP contribution in [-0.4, -0.2) is 25.0 Å². The van der Waals surface area contributed by atoms with E-state index in [1.54, 1.807) is 14.1 Å². The maximum Gasteiger partial charge on any atom is 0.233 e. The van der Waals surface area contributed by atoms with Crippen molar-refractivity contribution in [3.05, 3.63) is 23.8 Å². The smallest absolute Gasteiger partial charge is 0.233 e. The number of hydrogen-bond acceptors (Lipinski definition) is 5. The van der Waals surface area contributed by atoms with Crippen LogP contribution in [0.15, 0.2) is 23.3 Å². The van der Waals surface area contributed by atoms with Crippen molar-refractivity contribution in [2.45, 2.75) is 13.5 Å². The lowest BCUT2D eigenvalue weighted by atomic mass is 10.1. The molecule has 1 rings (SSSR count). The van der Waals surface area contributed by atoms with Gasteiger partial charge in [-0.3, -0.25) is 9.80 Å². The minimum absolute atomic E-state index is 0.0702. The quantitative estimate of drug-likeness (QED) is 0.538. The van der Waals surface area contributed by atoms with E-state index in [0.29, 0.717) is 12.2 Å². The highest BCUT2D eigenvalue weighted by Gasteiger charge is 2.08. The zero-order chi connectivity index (χ0) is 12.8. The van der Waals surface area contributed by atoms with Crippen LogP contribution in [0.5, 0.6) is 0 Å². The molecule has 0 unspecified atom stereocenters. The maximum absolute atomic E-state index is 11.0. The lowest BCUT2D eigenvalue weighted by Gasteiger charge is -2.17. The molecule has 0 atom stereocenters. The predicted molar refractivity (Wildman–Crippen MR) is 66.1 cm³/mol. The van der Waals surface area contributed by atoms with E-state index in [1.165, 1.54) is 11.9 Å². The number of amides is 1. The van der Waals surface area contributed by atoms with Gasteiger partial charge in [-0.25, -0.2) is 11.0 Å². The molecule has 17 heavy (non-hydrogen) atoms. The van der Waals surface area contributed by atoms with E-state index in [2.05, 4.69) is 15.9 Å². The normalized spacial score (nSPS) is 9.82. The highest BCUT2D eigenvalue weighted by Crippen LogP contribution is 2.28. The van der Waals surface area contributed by atoms with E-state index in [4.69, 9.17) is 5.53 Å². The number of anilines is 1. The number of hydrazine groups is 1. The first-order valence-electron chi connectivity index (χ1n) is 5.25. The number of carbonyl (C=O) groups excluding carboxylic acids is 1. The summed E-state index contributed by atoms with van der Waals surface area (Å²) in [5.74, 6) is -0.0702. The van der Waals surface area contributed by atoms with Gasteiger partial charge < -0.3 is 5.32 Å². The summed E-state index contributed by atoms with van der Waals surface area (Å²) in [6.07, 6.45) is 0. The third kappa shape index (κ3) is 3.25. The van der Waals surface area contributed by atoms with Crippen LogP contribution in [-0.2, 0) is 11.3 Å². The Balaban J connectivity index is 2.84. The lowest BCUT2D eigenvalue weighted by Crippen LogP contribution is -2.37. The maximum atomic E-state index is 11.0. The zero-order valence-corrected chi connectivity index (χ0v) is 10.2. The van der Waals surface area contributed by atoms with E-state index < -0.39 is 0 Å². The molecule has 1 aromatic rings. The highest BCUT2D eigenvalue weighted by atomic mass is 16.2. The van der Waals surface area contributed by atoms with Crippen LogP contribution in [0, 0.1) is 5.53 Å². The molecule has 1 aromatic carbocycles. The van der Waals surface area contributed by atoms with Crippen molar-refractivity contribution in [1.82, 2.24) is 10.4 Å². The predicted octanol–water partition coefficient (Wildman–Crippen LogP) is 1.87. The third-order valence-electron chi connectivity index (χ3n) is 2.48. The van der Waals surface area contributed by atoms with E-state index in [9.17, 15) is 4.79 Å². The third-order valence-corrected chi connectivity index (χ3v) is 2.48. The Hall–Kier alpha value is -1.95. The highest BCUT2D eigenvalue weighted by molar-refractivity contribution is 5.72. The fraction of sp³-hybridized carbons (Fsp3) is 0.364. The van der Waals surface area contributed by atoms with Gasteiger partial charge in [0.1, 0.15) is 5.69 Å². The average molecular weight is 235 g/mol. The molecule has 0 aliphatic carbocycles. The van der Waals surface area contributed by atoms with Gasteiger partial charge in [0.2, 0.25) is 5.91 Å². The van der Waals surface area contributed by atoms with Crippen molar-refractivity contribution in [1.29, 1.82) is 5.53 Å². The zero-order valence-electron chi connectivity index (χ0n) is 10.2. The second-order valence-electron chi connectivity index (χ2n) is 3.59. The summed E-state index contributed by atoms with van der Waals surface area (Å²) < 4.78 is 0. The van der Waals surface area contributed by atoms with Crippen molar-refractivity contribution in [3.8, 4) is 0 Å². The molecular weight excluding hydrogens is 218 g/mol. The summed E-state index contributed by atoms with van der Waals surface area (Å²) in [4.78, 5) is 11.0. The van der Waals surface area contributed by atoms with Gasteiger partial charge in [-0.1, -0.05) is 12.1 Å². The number of rotatable bonds is 5. The second-order valence-corrected chi connectivity index (χ2v) is 3.59. The molecule has 0 radical (unpaired) electrons. The summed E-state index contributed by atoms with van der Waals surface area (Å²) in [6, 6.07) is 5.60. The van der Waals surface area contributed by atoms with Gasteiger partial charge in [0, 0.05) is 27.6 Å². The van der Waals surface area contributed by atoms with Crippen LogP contribution in [0.25, 0.3) is 0 Å². The van der Waals surface area contributed by atoms with Gasteiger partial charge in [0.15, 0.2) is 0 Å². The minimum atomic E-state index is -0.0702. The van der Waals surface area contributed by atoms with Gasteiger partial charge in [-0.05, 0) is 11.6 Å². The molecule has 0 heterocycles. The molecular formula is C11H17N5O. The van der Waals surface area contributed by atoms with E-state index in [1.807, 2.05) is 18.2 Å². The van der Waals surface area contributed by atoms with Crippen molar-refractivity contribution in [3.63, 3.8) is 0 Å². The van der Waals surface area contributed by atoms with Gasteiger partial charge in [0.05, 0.1) is 5.69 Å². The molecule has 3 N–H and O–H groups in total. The standard InChI is InChI=1S/C11H17N5O/c1-8(17)16(3)14-7-9-5-4-6-10(13-2)11(9)15-12/h4-6,12-14H,7H2,1-3H3. The average Bonchev–Trinajstić information content (AvgIpc) is 2.34. The number of hydrogen-bond donors (Lipinski definition) is 3. The van der Waals surface area contributed by atoms with Crippen molar-refractivity contribution in [2.24, 2.45) is 5.11 Å². The first-order valence-corrected chi connectivity index (χ1v) is 5.25. The van der Waals surface area contributed by atoms with Crippen LogP contribution < -0.4 is 10.7 Å². The van der Waals surface area contributed by atoms with Crippen molar-refractivity contribution < 1.29 is 4.79 Å². The van der Waals surface area contributed by atoms with Crippen LogP contribution in [0.3, 0.4) is 0 Å². The van der Waals surface area contributed by atoms with Crippen molar-refractivity contribution >= 4 is 17.3 Å². The molecule has 0 saturated heterocycles. The first kappa shape index (κ1) is 13.1. The summed E-state index contributed by atoms with van der Waals surface area (Å²) in [5, 5.41) is 7.89. The van der Waals surface area contributed by atoms with Gasteiger partial charge in [-0.2, -0.15) is 5.11 Å². The first-order chi connectivity index (χ1) is 8.10. The van der Waals surface area contributed by atoms with Gasteiger partial charge in [0.25, 0.3) is 0 Å². The SMILES string of the molecule is CNc1cccc(CNN(C)C(C)=O)c1N=N. The molecule has 0 fully saturated rings. The van der Waals surface area contributed by atoms with E-state index >= 15 is 0 Å². The van der Waals surface area contributed by atoms with Crippen LogP contribution in [0.4, 0.5) is 11.4 Å². The monoisotopic (exact) mass is 235 g/mol. The Bertz CT molecular complexity index is 418. The summed E-state index contributed by atoms with van der Waals surface area (Å²) >= 11 is 0. The fourth-order valence-corrected chi connectivity index (χ4v) is 1.38. The Labute approximate surface area is 100 Å². The molecule has 0 spiro atoms. The molecule has 6 nitrogen and oxygen atoms in total. The lowest BCUT2D eigenvalue weighted by molar-refractivity contribution is -0.130. The van der Waals surface area contributed by atoms with Crippen molar-refractivity contribution in [2.75, 3.05) is 19.4 Å². The molecule has 0 aliphatic rings. The Morgan fingerprint density at radius 2 is 2.24 bits per heavy atom. The number of benzene rings is 1.